The lowest BCUT2D eigenvalue weighted by atomic mass is 10.2. The number of amides is 1. The van der Waals surface area contributed by atoms with E-state index < -0.39 is 0 Å². The zero-order valence-electron chi connectivity index (χ0n) is 19.9. The van der Waals surface area contributed by atoms with E-state index in [2.05, 4.69) is 20.2 Å². The quantitative estimate of drug-likeness (QED) is 0.377. The van der Waals surface area contributed by atoms with Gasteiger partial charge in [-0.15, -0.1) is 0 Å². The molecule has 36 heavy (non-hydrogen) atoms. The number of nitrogens with zero attached hydrogens (tertiary/aromatic N) is 5. The average molecular weight is 487 g/mol. The first-order chi connectivity index (χ1) is 17.6. The number of carbonyl (C=O) groups excluding carboxylic acids is 1. The molecule has 0 saturated carbocycles. The van der Waals surface area contributed by atoms with Crippen molar-refractivity contribution in [2.24, 2.45) is 0 Å². The van der Waals surface area contributed by atoms with E-state index in [1.54, 1.807) is 36.1 Å². The molecule has 1 aliphatic rings. The van der Waals surface area contributed by atoms with E-state index in [1.165, 1.54) is 4.40 Å². The predicted molar refractivity (Wildman–Crippen MR) is 136 cm³/mol. The molecular weight excluding hydrogens is 460 g/mol. The van der Waals surface area contributed by atoms with Crippen LogP contribution in [0.3, 0.4) is 0 Å². The first-order valence-electron chi connectivity index (χ1n) is 12.0. The van der Waals surface area contributed by atoms with E-state index in [0.717, 1.165) is 30.5 Å². The Hall–Kier alpha value is -4.18. The van der Waals surface area contributed by atoms with Crippen LogP contribution in [0.4, 0.5) is 6.01 Å². The molecule has 184 valence electrons. The third kappa shape index (κ3) is 3.79. The molecule has 5 heterocycles. The van der Waals surface area contributed by atoms with Crippen LogP contribution in [0.1, 0.15) is 23.3 Å². The van der Waals surface area contributed by atoms with Crippen molar-refractivity contribution in [3.8, 4) is 0 Å². The van der Waals surface area contributed by atoms with Gasteiger partial charge in [-0.05, 0) is 43.2 Å². The number of carbonyl (C=O) groups is 1. The van der Waals surface area contributed by atoms with Crippen LogP contribution in [-0.4, -0.2) is 57.7 Å². The molecule has 1 fully saturated rings. The third-order valence-corrected chi connectivity index (χ3v) is 6.73. The van der Waals surface area contributed by atoms with Crippen LogP contribution in [-0.2, 0) is 11.3 Å². The van der Waals surface area contributed by atoms with Crippen molar-refractivity contribution in [3.63, 3.8) is 0 Å². The lowest BCUT2D eigenvalue weighted by Crippen LogP contribution is -2.41. The van der Waals surface area contributed by atoms with Gasteiger partial charge in [0.05, 0.1) is 18.0 Å². The zero-order valence-corrected chi connectivity index (χ0v) is 19.9. The summed E-state index contributed by atoms with van der Waals surface area (Å²) in [6.07, 6.45) is 3.58. The number of benzene rings is 1. The highest BCUT2D eigenvalue weighted by molar-refractivity contribution is 5.98. The largest absolute Gasteiger partial charge is 0.423 e. The lowest BCUT2D eigenvalue weighted by molar-refractivity contribution is 0.0939. The highest BCUT2D eigenvalue weighted by Crippen LogP contribution is 2.28. The Kier molecular flexibility index (Phi) is 5.65. The van der Waals surface area contributed by atoms with Crippen molar-refractivity contribution in [1.29, 1.82) is 0 Å². The minimum Gasteiger partial charge on any atom is -0.423 e. The zero-order chi connectivity index (χ0) is 24.6. The highest BCUT2D eigenvalue weighted by atomic mass is 16.5. The molecular formula is C26H26N6O4. The van der Waals surface area contributed by atoms with Crippen LogP contribution in [0.5, 0.6) is 0 Å². The normalized spacial score (nSPS) is 15.9. The Balaban J connectivity index is 1.28. The number of hydrogen-bond acceptors (Lipinski definition) is 7. The minimum atomic E-state index is -0.262. The molecule has 0 aliphatic carbocycles. The third-order valence-electron chi connectivity index (χ3n) is 6.73. The summed E-state index contributed by atoms with van der Waals surface area (Å²) >= 11 is 0. The van der Waals surface area contributed by atoms with Crippen molar-refractivity contribution in [1.82, 2.24) is 24.3 Å². The number of aromatic nitrogens is 4. The van der Waals surface area contributed by atoms with Gasteiger partial charge in [0.1, 0.15) is 22.5 Å². The van der Waals surface area contributed by atoms with Crippen LogP contribution in [0.2, 0.25) is 0 Å². The number of anilines is 1. The number of oxazole rings is 1. The van der Waals surface area contributed by atoms with Crippen LogP contribution in [0.15, 0.2) is 63.9 Å². The van der Waals surface area contributed by atoms with Crippen molar-refractivity contribution < 1.29 is 13.9 Å². The molecule has 10 heteroatoms. The molecule has 0 bridgehead atoms. The molecule has 0 spiro atoms. The summed E-state index contributed by atoms with van der Waals surface area (Å²) in [6.45, 7) is 2.02. The average Bonchev–Trinajstić information content (AvgIpc) is 3.62. The summed E-state index contributed by atoms with van der Waals surface area (Å²) in [6, 6.07) is 15.3. The number of pyridine rings is 1. The smallest absolute Gasteiger partial charge is 0.298 e. The minimum absolute atomic E-state index is 0.0603. The molecule has 0 radical (unpaired) electrons. The van der Waals surface area contributed by atoms with E-state index in [-0.39, 0.29) is 17.5 Å². The molecule has 6 rings (SSSR count). The number of hydrogen-bond donors (Lipinski definition) is 1. The van der Waals surface area contributed by atoms with Gasteiger partial charge in [-0.25, -0.2) is 4.98 Å². The summed E-state index contributed by atoms with van der Waals surface area (Å²) in [5.41, 5.74) is 2.74. The molecule has 1 amide bonds. The number of methoxy groups -OCH3 is 1. The van der Waals surface area contributed by atoms with Gasteiger partial charge in [-0.1, -0.05) is 18.2 Å². The Labute approximate surface area is 206 Å². The molecule has 1 N–H and O–H groups in total. The Bertz CT molecular complexity index is 1600. The monoisotopic (exact) mass is 486 g/mol. The van der Waals surface area contributed by atoms with Crippen molar-refractivity contribution in [2.45, 2.75) is 25.4 Å². The fourth-order valence-corrected chi connectivity index (χ4v) is 4.93. The summed E-state index contributed by atoms with van der Waals surface area (Å²) in [4.78, 5) is 37.9. The molecule has 5 aromatic rings. The van der Waals surface area contributed by atoms with Gasteiger partial charge >= 0.3 is 0 Å². The molecule has 1 saturated heterocycles. The van der Waals surface area contributed by atoms with Gasteiger partial charge in [0, 0.05) is 32.9 Å². The van der Waals surface area contributed by atoms with E-state index in [4.69, 9.17) is 9.15 Å². The summed E-state index contributed by atoms with van der Waals surface area (Å²) in [5.74, 6) is -0.262. The molecule has 10 nitrogen and oxygen atoms in total. The first-order valence-corrected chi connectivity index (χ1v) is 12.0. The second-order valence-electron chi connectivity index (χ2n) is 8.92. The topological polar surface area (TPSA) is 107 Å². The number of nitrogens with one attached hydrogen (secondary N) is 1. The fourth-order valence-electron chi connectivity index (χ4n) is 4.93. The van der Waals surface area contributed by atoms with Gasteiger partial charge < -0.3 is 23.9 Å². The number of para-hydroxylation sites is 2. The van der Waals surface area contributed by atoms with Crippen LogP contribution in [0, 0.1) is 0 Å². The molecule has 1 unspecified atom stereocenters. The number of fused-ring (bicyclic) bond motifs is 3. The van der Waals surface area contributed by atoms with Crippen LogP contribution < -0.4 is 15.8 Å². The fraction of sp³-hybridized carbons (Fsp3) is 0.308. The standard InChI is InChI=1S/C26H26N6O4/c1-35-14-13-31-20(15-18-23(31)29-22-10-4-5-11-32(22)25(18)34)24(33)27-16-17-7-6-12-30(17)26-28-19-8-2-3-9-21(19)36-26/h2-5,8-11,15,17H,6-7,12-14,16H2,1H3,(H,27,33). The van der Waals surface area contributed by atoms with Crippen LogP contribution in [0.25, 0.3) is 27.8 Å². The second kappa shape index (κ2) is 9.12. The van der Waals surface area contributed by atoms with Crippen molar-refractivity contribution in [3.05, 3.63) is 70.8 Å². The van der Waals surface area contributed by atoms with E-state index in [0.29, 0.717) is 48.1 Å². The predicted octanol–water partition coefficient (Wildman–Crippen LogP) is 2.84. The Morgan fingerprint density at radius 3 is 2.92 bits per heavy atom. The van der Waals surface area contributed by atoms with E-state index >= 15 is 0 Å². The maximum absolute atomic E-state index is 13.4. The SMILES string of the molecule is COCCn1c(C(=O)NCC2CCCN2c2nc3ccccc3o2)cc2c(=O)n3ccccc3nc21. The summed E-state index contributed by atoms with van der Waals surface area (Å²) < 4.78 is 14.5. The highest BCUT2D eigenvalue weighted by Gasteiger charge is 2.29. The Morgan fingerprint density at radius 2 is 2.06 bits per heavy atom. The van der Waals surface area contributed by atoms with Gasteiger partial charge in [-0.3, -0.25) is 14.0 Å². The van der Waals surface area contributed by atoms with Gasteiger partial charge in [0.25, 0.3) is 17.5 Å². The first kappa shape index (κ1) is 22.3. The van der Waals surface area contributed by atoms with Crippen LogP contribution >= 0.6 is 0 Å². The summed E-state index contributed by atoms with van der Waals surface area (Å²) in [7, 11) is 1.60. The Morgan fingerprint density at radius 1 is 1.19 bits per heavy atom. The maximum atomic E-state index is 13.4. The van der Waals surface area contributed by atoms with E-state index in [1.807, 2.05) is 30.3 Å². The lowest BCUT2D eigenvalue weighted by Gasteiger charge is -2.23. The van der Waals surface area contributed by atoms with Gasteiger partial charge in [-0.2, -0.15) is 4.98 Å². The van der Waals surface area contributed by atoms with Crippen molar-refractivity contribution in [2.75, 3.05) is 31.7 Å². The maximum Gasteiger partial charge on any atom is 0.298 e. The van der Waals surface area contributed by atoms with Crippen molar-refractivity contribution >= 4 is 39.7 Å². The van der Waals surface area contributed by atoms with Gasteiger partial charge in [0.15, 0.2) is 5.58 Å². The number of ether oxygens (including phenoxy) is 1. The van der Waals surface area contributed by atoms with Gasteiger partial charge in [0.2, 0.25) is 0 Å². The molecule has 1 aliphatic heterocycles. The number of rotatable bonds is 7. The molecule has 4 aromatic heterocycles. The second-order valence-corrected chi connectivity index (χ2v) is 8.92. The molecule has 1 atom stereocenters. The molecule has 1 aromatic carbocycles. The summed E-state index contributed by atoms with van der Waals surface area (Å²) in [5, 5.41) is 3.46. The van der Waals surface area contributed by atoms with E-state index in [9.17, 15) is 9.59 Å².